The Morgan fingerprint density at radius 2 is 1.50 bits per heavy atom. The Morgan fingerprint density at radius 3 is 2.07 bits per heavy atom. The summed E-state index contributed by atoms with van der Waals surface area (Å²) in [5, 5.41) is 7.48. The number of likely N-dealkylation sites (tertiary alicyclic amines) is 2. The van der Waals surface area contributed by atoms with E-state index in [1.807, 2.05) is 25.7 Å². The van der Waals surface area contributed by atoms with Crippen molar-refractivity contribution in [3.05, 3.63) is 0 Å². The van der Waals surface area contributed by atoms with Gasteiger partial charge in [0.2, 0.25) is 0 Å². The number of amides is 1. The van der Waals surface area contributed by atoms with Gasteiger partial charge >= 0.3 is 6.09 Å². The molecule has 1 amide bonds. The summed E-state index contributed by atoms with van der Waals surface area (Å²) in [4.78, 5) is 16.8. The van der Waals surface area contributed by atoms with Crippen molar-refractivity contribution in [2.75, 3.05) is 33.2 Å². The number of nitrogens with one attached hydrogen (secondary N) is 2. The number of piperidine rings is 2. The minimum absolute atomic E-state index is 0.152. The molecule has 6 nitrogen and oxygen atoms in total. The van der Waals surface area contributed by atoms with E-state index in [1.165, 1.54) is 51.6 Å². The number of hydrogen-bond acceptors (Lipinski definition) is 5. The second-order valence-electron chi connectivity index (χ2n) is 9.96. The van der Waals surface area contributed by atoms with Gasteiger partial charge in [0, 0.05) is 37.3 Å². The van der Waals surface area contributed by atoms with Gasteiger partial charge in [-0.1, -0.05) is 12.8 Å². The minimum atomic E-state index is -0.409. The lowest BCUT2D eigenvalue weighted by Crippen LogP contribution is -2.56. The Bertz CT molecular complexity index is 491. The standard InChI is InChI=1S/C22H42N4O2/c1-22(2,3)28-21(27)26-15-11-18(12-16-26)25-13-9-17(10-14-25)24-20-8-6-5-7-19(20)23-4/h17-20,23-24H,5-16H2,1-4H3/t19-,20-/m0/s1. The fourth-order valence-corrected chi connectivity index (χ4v) is 5.15. The highest BCUT2D eigenvalue weighted by molar-refractivity contribution is 5.68. The lowest BCUT2D eigenvalue weighted by molar-refractivity contribution is 0.0122. The quantitative estimate of drug-likeness (QED) is 0.768. The van der Waals surface area contributed by atoms with Crippen LogP contribution >= 0.6 is 0 Å². The van der Waals surface area contributed by atoms with Crippen molar-refractivity contribution in [1.29, 1.82) is 0 Å². The molecule has 0 aromatic heterocycles. The van der Waals surface area contributed by atoms with Gasteiger partial charge in [-0.25, -0.2) is 4.79 Å². The summed E-state index contributed by atoms with van der Waals surface area (Å²) in [7, 11) is 2.11. The van der Waals surface area contributed by atoms with Gasteiger partial charge in [-0.3, -0.25) is 0 Å². The van der Waals surface area contributed by atoms with Crippen LogP contribution in [0.1, 0.15) is 72.1 Å². The van der Waals surface area contributed by atoms with Crippen molar-refractivity contribution in [3.63, 3.8) is 0 Å². The molecule has 162 valence electrons. The Morgan fingerprint density at radius 1 is 0.893 bits per heavy atom. The second-order valence-corrected chi connectivity index (χ2v) is 9.96. The van der Waals surface area contributed by atoms with Gasteiger partial charge in [0.1, 0.15) is 5.60 Å². The summed E-state index contributed by atoms with van der Waals surface area (Å²) in [6, 6.07) is 2.58. The van der Waals surface area contributed by atoms with Gasteiger partial charge in [-0.05, 0) is 79.4 Å². The van der Waals surface area contributed by atoms with Crippen LogP contribution in [0.25, 0.3) is 0 Å². The fraction of sp³-hybridized carbons (Fsp3) is 0.955. The molecule has 3 aliphatic rings. The third-order valence-corrected chi connectivity index (χ3v) is 6.75. The minimum Gasteiger partial charge on any atom is -0.444 e. The van der Waals surface area contributed by atoms with E-state index in [1.54, 1.807) is 0 Å². The summed E-state index contributed by atoms with van der Waals surface area (Å²) in [5.41, 5.74) is -0.409. The van der Waals surface area contributed by atoms with Crippen LogP contribution in [0.3, 0.4) is 0 Å². The maximum atomic E-state index is 12.3. The van der Waals surface area contributed by atoms with Crippen LogP contribution in [0.5, 0.6) is 0 Å². The topological polar surface area (TPSA) is 56.8 Å². The maximum Gasteiger partial charge on any atom is 0.410 e. The van der Waals surface area contributed by atoms with Crippen LogP contribution in [-0.2, 0) is 4.74 Å². The molecule has 3 rings (SSSR count). The second kappa shape index (κ2) is 9.77. The first kappa shape index (κ1) is 21.8. The molecule has 0 bridgehead atoms. The van der Waals surface area contributed by atoms with E-state index in [0.29, 0.717) is 24.2 Å². The Kier molecular flexibility index (Phi) is 7.62. The molecule has 28 heavy (non-hydrogen) atoms. The molecule has 2 aliphatic heterocycles. The zero-order valence-electron chi connectivity index (χ0n) is 18.5. The largest absolute Gasteiger partial charge is 0.444 e. The van der Waals surface area contributed by atoms with Crippen LogP contribution < -0.4 is 10.6 Å². The number of ether oxygens (including phenoxy) is 1. The number of hydrogen-bond donors (Lipinski definition) is 2. The monoisotopic (exact) mass is 394 g/mol. The van der Waals surface area contributed by atoms with Crippen molar-refractivity contribution in [2.45, 2.75) is 102 Å². The molecule has 6 heteroatoms. The van der Waals surface area contributed by atoms with Crippen molar-refractivity contribution in [2.24, 2.45) is 0 Å². The number of nitrogens with zero attached hydrogens (tertiary/aromatic N) is 2. The highest BCUT2D eigenvalue weighted by Gasteiger charge is 2.32. The SMILES string of the molecule is CN[C@H]1CCCC[C@@H]1NC1CCN(C2CCN(C(=O)OC(C)(C)C)CC2)CC1. The van der Waals surface area contributed by atoms with Gasteiger partial charge in [0.05, 0.1) is 0 Å². The van der Waals surface area contributed by atoms with Crippen molar-refractivity contribution in [1.82, 2.24) is 20.4 Å². The summed E-state index contributed by atoms with van der Waals surface area (Å²) in [6.45, 7) is 9.82. The van der Waals surface area contributed by atoms with Crippen molar-refractivity contribution >= 4 is 6.09 Å². The first-order valence-corrected chi connectivity index (χ1v) is 11.5. The molecule has 0 aromatic rings. The Hall–Kier alpha value is -0.850. The smallest absolute Gasteiger partial charge is 0.410 e. The number of rotatable bonds is 4. The zero-order valence-corrected chi connectivity index (χ0v) is 18.5. The van der Waals surface area contributed by atoms with E-state index in [4.69, 9.17) is 4.74 Å². The first-order valence-electron chi connectivity index (χ1n) is 11.5. The molecule has 1 aliphatic carbocycles. The van der Waals surface area contributed by atoms with Gasteiger partial charge in [0.15, 0.2) is 0 Å². The van der Waals surface area contributed by atoms with Gasteiger partial charge < -0.3 is 25.2 Å². The van der Waals surface area contributed by atoms with Crippen LogP contribution in [0, 0.1) is 0 Å². The molecule has 0 unspecified atom stereocenters. The lowest BCUT2D eigenvalue weighted by Gasteiger charge is -2.43. The average molecular weight is 395 g/mol. The molecule has 0 spiro atoms. The molecule has 2 heterocycles. The van der Waals surface area contributed by atoms with Crippen LogP contribution in [0.4, 0.5) is 4.79 Å². The third kappa shape index (κ3) is 6.07. The molecule has 2 atom stereocenters. The Balaban J connectivity index is 1.38. The van der Waals surface area contributed by atoms with Crippen LogP contribution in [-0.4, -0.2) is 78.9 Å². The zero-order chi connectivity index (χ0) is 20.1. The van der Waals surface area contributed by atoms with Crippen molar-refractivity contribution in [3.8, 4) is 0 Å². The normalized spacial score (nSPS) is 29.1. The maximum absolute atomic E-state index is 12.3. The molecule has 0 radical (unpaired) electrons. The third-order valence-electron chi connectivity index (χ3n) is 6.75. The summed E-state index contributed by atoms with van der Waals surface area (Å²) >= 11 is 0. The summed E-state index contributed by atoms with van der Waals surface area (Å²) < 4.78 is 5.52. The number of carbonyl (C=O) groups excluding carboxylic acids is 1. The van der Waals surface area contributed by atoms with Crippen LogP contribution in [0.15, 0.2) is 0 Å². The highest BCUT2D eigenvalue weighted by Crippen LogP contribution is 2.24. The number of carbonyl (C=O) groups is 1. The molecular formula is C22H42N4O2. The molecule has 3 fully saturated rings. The molecule has 2 N–H and O–H groups in total. The van der Waals surface area contributed by atoms with E-state index in [0.717, 1.165) is 25.9 Å². The van der Waals surface area contributed by atoms with Crippen LogP contribution in [0.2, 0.25) is 0 Å². The van der Waals surface area contributed by atoms with Crippen molar-refractivity contribution < 1.29 is 9.53 Å². The highest BCUT2D eigenvalue weighted by atomic mass is 16.6. The summed E-state index contributed by atoms with van der Waals surface area (Å²) in [6.07, 6.45) is 9.84. The number of likely N-dealkylation sites (N-methyl/N-ethyl adjacent to an activating group) is 1. The molecule has 1 saturated carbocycles. The Labute approximate surface area is 171 Å². The van der Waals surface area contributed by atoms with Gasteiger partial charge in [-0.15, -0.1) is 0 Å². The lowest BCUT2D eigenvalue weighted by atomic mass is 9.89. The van der Waals surface area contributed by atoms with Gasteiger partial charge in [-0.2, -0.15) is 0 Å². The predicted octanol–water partition coefficient (Wildman–Crippen LogP) is 2.97. The molecule has 0 aromatic carbocycles. The van der Waals surface area contributed by atoms with E-state index in [2.05, 4.69) is 22.6 Å². The fourth-order valence-electron chi connectivity index (χ4n) is 5.15. The van der Waals surface area contributed by atoms with E-state index in [9.17, 15) is 4.79 Å². The van der Waals surface area contributed by atoms with E-state index >= 15 is 0 Å². The molecular weight excluding hydrogens is 352 g/mol. The first-order chi connectivity index (χ1) is 13.4. The van der Waals surface area contributed by atoms with Gasteiger partial charge in [0.25, 0.3) is 0 Å². The van der Waals surface area contributed by atoms with E-state index in [-0.39, 0.29) is 6.09 Å². The predicted molar refractivity (Wildman–Crippen MR) is 114 cm³/mol. The van der Waals surface area contributed by atoms with E-state index < -0.39 is 5.60 Å². The molecule has 2 saturated heterocycles. The summed E-state index contributed by atoms with van der Waals surface area (Å²) in [5.74, 6) is 0. The average Bonchev–Trinajstić information content (AvgIpc) is 2.68.